The van der Waals surface area contributed by atoms with Crippen molar-refractivity contribution in [1.82, 2.24) is 14.5 Å². The minimum absolute atomic E-state index is 0.810. The molecule has 0 fully saturated rings. The summed E-state index contributed by atoms with van der Waals surface area (Å²) < 4.78 is 2.22. The molecule has 1 aromatic carbocycles. The Morgan fingerprint density at radius 1 is 1.18 bits per heavy atom. The van der Waals surface area contributed by atoms with Gasteiger partial charge >= 0.3 is 0 Å². The molecule has 0 saturated carbocycles. The Bertz CT molecular complexity index is 666. The van der Waals surface area contributed by atoms with E-state index in [0.29, 0.717) is 0 Å². The number of hydrogen-bond donors (Lipinski definition) is 0. The zero-order chi connectivity index (χ0) is 11.8. The van der Waals surface area contributed by atoms with Crippen LogP contribution < -0.4 is 0 Å². The molecule has 3 aromatic rings. The highest BCUT2D eigenvalue weighted by molar-refractivity contribution is 7.09. The Morgan fingerprint density at radius 3 is 2.76 bits per heavy atom. The van der Waals surface area contributed by atoms with Crippen molar-refractivity contribution < 1.29 is 0 Å². The van der Waals surface area contributed by atoms with Crippen molar-refractivity contribution in [2.45, 2.75) is 20.4 Å². The van der Waals surface area contributed by atoms with Crippen LogP contribution in [0.25, 0.3) is 11.0 Å². The predicted octanol–water partition coefficient (Wildman–Crippen LogP) is 3.16. The molecular weight excluding hydrogens is 230 g/mol. The van der Waals surface area contributed by atoms with Crippen LogP contribution in [0.1, 0.15) is 16.5 Å². The van der Waals surface area contributed by atoms with Crippen LogP contribution in [-0.2, 0) is 6.54 Å². The number of fused-ring (bicyclic) bond motifs is 1. The smallest absolute Gasteiger partial charge is 0.113 e. The van der Waals surface area contributed by atoms with Gasteiger partial charge in [-0.2, -0.15) is 0 Å². The van der Waals surface area contributed by atoms with Crippen LogP contribution in [-0.4, -0.2) is 14.5 Å². The Morgan fingerprint density at radius 2 is 2.00 bits per heavy atom. The van der Waals surface area contributed by atoms with Crippen molar-refractivity contribution in [3.8, 4) is 0 Å². The average Bonchev–Trinajstić information content (AvgIpc) is 2.85. The van der Waals surface area contributed by atoms with Crippen LogP contribution in [0.2, 0.25) is 0 Å². The SMILES string of the molecule is Cc1csc(Cn2c(C)nc3ccccc32)n1. The molecule has 0 radical (unpaired) electrons. The fourth-order valence-electron chi connectivity index (χ4n) is 2.01. The van der Waals surface area contributed by atoms with E-state index in [1.807, 2.05) is 32.0 Å². The summed E-state index contributed by atoms with van der Waals surface area (Å²) in [7, 11) is 0. The summed E-state index contributed by atoms with van der Waals surface area (Å²) in [6.45, 7) is 4.88. The summed E-state index contributed by atoms with van der Waals surface area (Å²) >= 11 is 1.71. The van der Waals surface area contributed by atoms with Crippen molar-refractivity contribution in [3.05, 3.63) is 46.2 Å². The number of hydrogen-bond acceptors (Lipinski definition) is 3. The van der Waals surface area contributed by atoms with Gasteiger partial charge in [0, 0.05) is 11.1 Å². The fourth-order valence-corrected chi connectivity index (χ4v) is 2.77. The van der Waals surface area contributed by atoms with Gasteiger partial charge in [0.1, 0.15) is 10.8 Å². The third kappa shape index (κ3) is 1.85. The van der Waals surface area contributed by atoms with Crippen LogP contribution in [0.15, 0.2) is 29.6 Å². The monoisotopic (exact) mass is 243 g/mol. The number of nitrogens with zero attached hydrogens (tertiary/aromatic N) is 3. The molecule has 0 spiro atoms. The van der Waals surface area contributed by atoms with Crippen molar-refractivity contribution in [1.29, 1.82) is 0 Å². The summed E-state index contributed by atoms with van der Waals surface area (Å²) in [6, 6.07) is 8.22. The molecular formula is C13H13N3S. The number of aryl methyl sites for hydroxylation is 2. The van der Waals surface area contributed by atoms with E-state index in [4.69, 9.17) is 0 Å². The first-order valence-corrected chi connectivity index (χ1v) is 6.45. The third-order valence-corrected chi connectivity index (χ3v) is 3.76. The minimum Gasteiger partial charge on any atom is -0.321 e. The first-order chi connectivity index (χ1) is 8.24. The number of benzene rings is 1. The molecule has 3 rings (SSSR count). The van der Waals surface area contributed by atoms with Gasteiger partial charge in [-0.3, -0.25) is 0 Å². The highest BCUT2D eigenvalue weighted by Crippen LogP contribution is 2.18. The summed E-state index contributed by atoms with van der Waals surface area (Å²) in [5, 5.41) is 3.22. The van der Waals surface area contributed by atoms with E-state index in [0.717, 1.165) is 28.6 Å². The largest absolute Gasteiger partial charge is 0.321 e. The highest BCUT2D eigenvalue weighted by atomic mass is 32.1. The van der Waals surface area contributed by atoms with E-state index < -0.39 is 0 Å². The van der Waals surface area contributed by atoms with Crippen LogP contribution in [0, 0.1) is 13.8 Å². The quantitative estimate of drug-likeness (QED) is 0.692. The second-order valence-electron chi connectivity index (χ2n) is 4.12. The number of para-hydroxylation sites is 2. The maximum atomic E-state index is 4.56. The number of thiazole rings is 1. The lowest BCUT2D eigenvalue weighted by Crippen LogP contribution is -2.01. The summed E-state index contributed by atoms with van der Waals surface area (Å²) in [5.41, 5.74) is 3.32. The summed E-state index contributed by atoms with van der Waals surface area (Å²) in [4.78, 5) is 9.06. The Kier molecular flexibility index (Phi) is 2.44. The molecule has 0 aliphatic rings. The van der Waals surface area contributed by atoms with Crippen molar-refractivity contribution in [2.75, 3.05) is 0 Å². The van der Waals surface area contributed by atoms with Crippen LogP contribution in [0.4, 0.5) is 0 Å². The second kappa shape index (κ2) is 3.96. The van der Waals surface area contributed by atoms with E-state index in [-0.39, 0.29) is 0 Å². The molecule has 0 amide bonds. The lowest BCUT2D eigenvalue weighted by molar-refractivity contribution is 0.778. The summed E-state index contributed by atoms with van der Waals surface area (Å²) in [5.74, 6) is 1.04. The molecule has 0 bridgehead atoms. The number of rotatable bonds is 2. The fraction of sp³-hybridized carbons (Fsp3) is 0.231. The topological polar surface area (TPSA) is 30.7 Å². The van der Waals surface area contributed by atoms with Crippen LogP contribution in [0.3, 0.4) is 0 Å². The van der Waals surface area contributed by atoms with Crippen LogP contribution >= 0.6 is 11.3 Å². The molecule has 3 nitrogen and oxygen atoms in total. The molecule has 0 aliphatic heterocycles. The number of imidazole rings is 1. The summed E-state index contributed by atoms with van der Waals surface area (Å²) in [6.07, 6.45) is 0. The Hall–Kier alpha value is -1.68. The van der Waals surface area contributed by atoms with Gasteiger partial charge in [-0.15, -0.1) is 11.3 Å². The van der Waals surface area contributed by atoms with Crippen molar-refractivity contribution >= 4 is 22.4 Å². The van der Waals surface area contributed by atoms with Gasteiger partial charge in [0.05, 0.1) is 17.6 Å². The lowest BCUT2D eigenvalue weighted by Gasteiger charge is -2.03. The van der Waals surface area contributed by atoms with Crippen molar-refractivity contribution in [2.24, 2.45) is 0 Å². The van der Waals surface area contributed by atoms with Gasteiger partial charge in [0.15, 0.2) is 0 Å². The minimum atomic E-state index is 0.810. The molecule has 2 heterocycles. The molecule has 0 unspecified atom stereocenters. The maximum absolute atomic E-state index is 4.56. The average molecular weight is 243 g/mol. The van der Waals surface area contributed by atoms with E-state index in [9.17, 15) is 0 Å². The number of aromatic nitrogens is 3. The van der Waals surface area contributed by atoms with Crippen molar-refractivity contribution in [3.63, 3.8) is 0 Å². The zero-order valence-electron chi connectivity index (χ0n) is 9.84. The lowest BCUT2D eigenvalue weighted by atomic mass is 10.3. The van der Waals surface area contributed by atoms with Gasteiger partial charge in [-0.25, -0.2) is 9.97 Å². The zero-order valence-corrected chi connectivity index (χ0v) is 10.7. The van der Waals surface area contributed by atoms with Gasteiger partial charge in [-0.1, -0.05) is 12.1 Å². The van der Waals surface area contributed by atoms with Crippen LogP contribution in [0.5, 0.6) is 0 Å². The first-order valence-electron chi connectivity index (χ1n) is 5.57. The predicted molar refractivity (Wildman–Crippen MR) is 70.4 cm³/mol. The van der Waals surface area contributed by atoms with Gasteiger partial charge < -0.3 is 4.57 Å². The molecule has 0 aliphatic carbocycles. The second-order valence-corrected chi connectivity index (χ2v) is 5.06. The molecule has 17 heavy (non-hydrogen) atoms. The normalized spacial score (nSPS) is 11.2. The van der Waals surface area contributed by atoms with E-state index in [2.05, 4.69) is 26.0 Å². The van der Waals surface area contributed by atoms with Gasteiger partial charge in [-0.05, 0) is 26.0 Å². The molecule has 0 N–H and O–H groups in total. The van der Waals surface area contributed by atoms with Gasteiger partial charge in [0.2, 0.25) is 0 Å². The molecule has 0 atom stereocenters. The highest BCUT2D eigenvalue weighted by Gasteiger charge is 2.08. The molecule has 86 valence electrons. The Balaban J connectivity index is 2.08. The first kappa shape index (κ1) is 10.5. The Labute approximate surface area is 104 Å². The molecule has 0 saturated heterocycles. The van der Waals surface area contributed by atoms with E-state index >= 15 is 0 Å². The maximum Gasteiger partial charge on any atom is 0.113 e. The van der Waals surface area contributed by atoms with Gasteiger partial charge in [0.25, 0.3) is 0 Å². The molecule has 2 aromatic heterocycles. The third-order valence-electron chi connectivity index (χ3n) is 2.81. The van der Waals surface area contributed by atoms with E-state index in [1.54, 1.807) is 11.3 Å². The molecule has 4 heteroatoms. The van der Waals surface area contributed by atoms with E-state index in [1.165, 1.54) is 5.52 Å². The standard InChI is InChI=1S/C13H13N3S/c1-9-8-17-13(14-9)7-16-10(2)15-11-5-3-4-6-12(11)16/h3-6,8H,7H2,1-2H3.